The molecule has 0 saturated carbocycles. The predicted molar refractivity (Wildman–Crippen MR) is 105 cm³/mol. The van der Waals surface area contributed by atoms with Crippen LogP contribution in [0, 0.1) is 6.92 Å². The van der Waals surface area contributed by atoms with Crippen LogP contribution in [-0.4, -0.2) is 46.2 Å². The van der Waals surface area contributed by atoms with Crippen LogP contribution in [0.2, 0.25) is 0 Å². The number of hydrogen-bond acceptors (Lipinski definition) is 4. The van der Waals surface area contributed by atoms with E-state index in [4.69, 9.17) is 4.74 Å². The van der Waals surface area contributed by atoms with Crippen molar-refractivity contribution in [3.8, 4) is 5.75 Å². The minimum atomic E-state index is -0.947. The van der Waals surface area contributed by atoms with Crippen molar-refractivity contribution in [1.82, 2.24) is 14.5 Å². The van der Waals surface area contributed by atoms with Crippen LogP contribution in [0.5, 0.6) is 5.75 Å². The number of nitrogens with zero attached hydrogens (tertiary/aromatic N) is 3. The van der Waals surface area contributed by atoms with Gasteiger partial charge in [0.15, 0.2) is 0 Å². The number of imidazole rings is 1. The van der Waals surface area contributed by atoms with Crippen LogP contribution in [0.25, 0.3) is 11.0 Å². The van der Waals surface area contributed by atoms with E-state index in [0.29, 0.717) is 12.1 Å². The second-order valence-corrected chi connectivity index (χ2v) is 6.90. The Hall–Kier alpha value is -2.86. The molecule has 0 unspecified atom stereocenters. The Bertz CT molecular complexity index is 947. The van der Waals surface area contributed by atoms with E-state index in [1.165, 1.54) is 0 Å². The first-order valence-electron chi connectivity index (χ1n) is 9.01. The standard InChI is InChI=1S/C21H25N3O3/c1-15-7-4-5-8-19(15)27-14-20-22-17-13-16(21(25)26)9-10-18(17)24(20)12-6-11-23(2)3/h4-5,7-10,13H,6,11-12,14H2,1-3H3,(H,25,26). The molecule has 0 aliphatic rings. The first kappa shape index (κ1) is 18.9. The second-order valence-electron chi connectivity index (χ2n) is 6.90. The molecule has 142 valence electrons. The van der Waals surface area contributed by atoms with Gasteiger partial charge in [-0.25, -0.2) is 9.78 Å². The van der Waals surface area contributed by atoms with E-state index in [0.717, 1.165) is 42.2 Å². The molecule has 0 fully saturated rings. The van der Waals surface area contributed by atoms with E-state index in [2.05, 4.69) is 14.5 Å². The molecule has 6 heteroatoms. The lowest BCUT2D eigenvalue weighted by molar-refractivity contribution is 0.0697. The summed E-state index contributed by atoms with van der Waals surface area (Å²) in [5, 5.41) is 9.24. The molecule has 3 rings (SSSR count). The highest BCUT2D eigenvalue weighted by molar-refractivity contribution is 5.92. The van der Waals surface area contributed by atoms with E-state index in [9.17, 15) is 9.90 Å². The van der Waals surface area contributed by atoms with Gasteiger partial charge in [0, 0.05) is 6.54 Å². The maximum absolute atomic E-state index is 11.3. The molecular formula is C21H25N3O3. The average Bonchev–Trinajstić information content (AvgIpc) is 2.97. The molecule has 0 aliphatic heterocycles. The SMILES string of the molecule is Cc1ccccc1OCc1nc2cc(C(=O)O)ccc2n1CCCN(C)C. The third kappa shape index (κ3) is 4.46. The molecule has 3 aromatic rings. The van der Waals surface area contributed by atoms with Gasteiger partial charge < -0.3 is 19.3 Å². The van der Waals surface area contributed by atoms with Crippen molar-refractivity contribution in [1.29, 1.82) is 0 Å². The lowest BCUT2D eigenvalue weighted by Crippen LogP contribution is -2.16. The van der Waals surface area contributed by atoms with Gasteiger partial charge in [0.05, 0.1) is 16.6 Å². The Morgan fingerprint density at radius 2 is 2.00 bits per heavy atom. The molecule has 0 atom stereocenters. The van der Waals surface area contributed by atoms with Crippen LogP contribution in [0.15, 0.2) is 42.5 Å². The van der Waals surface area contributed by atoms with E-state index in [1.54, 1.807) is 12.1 Å². The highest BCUT2D eigenvalue weighted by Crippen LogP contribution is 2.22. The van der Waals surface area contributed by atoms with Gasteiger partial charge in [-0.15, -0.1) is 0 Å². The number of ether oxygens (including phenoxy) is 1. The molecule has 0 saturated heterocycles. The molecule has 1 heterocycles. The summed E-state index contributed by atoms with van der Waals surface area (Å²) >= 11 is 0. The van der Waals surface area contributed by atoms with E-state index >= 15 is 0 Å². The summed E-state index contributed by atoms with van der Waals surface area (Å²) < 4.78 is 8.12. The minimum absolute atomic E-state index is 0.242. The maximum atomic E-state index is 11.3. The first-order chi connectivity index (χ1) is 13.0. The van der Waals surface area contributed by atoms with Gasteiger partial charge in [0.25, 0.3) is 0 Å². The van der Waals surface area contributed by atoms with Crippen LogP contribution in [-0.2, 0) is 13.2 Å². The molecule has 0 amide bonds. The minimum Gasteiger partial charge on any atom is -0.485 e. The van der Waals surface area contributed by atoms with Crippen molar-refractivity contribution >= 4 is 17.0 Å². The van der Waals surface area contributed by atoms with Gasteiger partial charge in [-0.1, -0.05) is 18.2 Å². The Morgan fingerprint density at radius 3 is 2.70 bits per heavy atom. The third-order valence-electron chi connectivity index (χ3n) is 4.51. The molecular weight excluding hydrogens is 342 g/mol. The van der Waals surface area contributed by atoms with Gasteiger partial charge in [-0.05, 0) is 63.8 Å². The molecule has 27 heavy (non-hydrogen) atoms. The molecule has 0 radical (unpaired) electrons. The fourth-order valence-corrected chi connectivity index (χ4v) is 3.08. The molecule has 0 aliphatic carbocycles. The Labute approximate surface area is 159 Å². The van der Waals surface area contributed by atoms with E-state index in [1.807, 2.05) is 51.4 Å². The summed E-state index contributed by atoms with van der Waals surface area (Å²) in [6, 6.07) is 13.0. The Kier molecular flexibility index (Phi) is 5.76. The number of carbonyl (C=O) groups is 1. The van der Waals surface area contributed by atoms with Crippen LogP contribution in [0.3, 0.4) is 0 Å². The van der Waals surface area contributed by atoms with Gasteiger partial charge in [0.2, 0.25) is 0 Å². The number of aromatic carboxylic acids is 1. The first-order valence-corrected chi connectivity index (χ1v) is 9.01. The Morgan fingerprint density at radius 1 is 1.22 bits per heavy atom. The smallest absolute Gasteiger partial charge is 0.335 e. The molecule has 2 aromatic carbocycles. The predicted octanol–water partition coefficient (Wildman–Crippen LogP) is 3.57. The second kappa shape index (κ2) is 8.22. The van der Waals surface area contributed by atoms with Gasteiger partial charge in [-0.2, -0.15) is 0 Å². The zero-order valence-electron chi connectivity index (χ0n) is 16.0. The van der Waals surface area contributed by atoms with Crippen LogP contribution < -0.4 is 4.74 Å². The Balaban J connectivity index is 1.90. The average molecular weight is 367 g/mol. The number of hydrogen-bond donors (Lipinski definition) is 1. The van der Waals surface area contributed by atoms with Crippen molar-refractivity contribution in [2.24, 2.45) is 0 Å². The summed E-state index contributed by atoms with van der Waals surface area (Å²) in [4.78, 5) is 18.1. The molecule has 1 N–H and O–H groups in total. The number of aryl methyl sites for hydroxylation is 2. The fourth-order valence-electron chi connectivity index (χ4n) is 3.08. The van der Waals surface area contributed by atoms with E-state index < -0.39 is 5.97 Å². The summed E-state index contributed by atoms with van der Waals surface area (Å²) in [5.74, 6) is 0.682. The lowest BCUT2D eigenvalue weighted by atomic mass is 10.2. The van der Waals surface area contributed by atoms with Gasteiger partial charge >= 0.3 is 5.97 Å². The summed E-state index contributed by atoms with van der Waals surface area (Å²) in [5.41, 5.74) is 2.93. The molecule has 1 aromatic heterocycles. The zero-order chi connectivity index (χ0) is 19.4. The van der Waals surface area contributed by atoms with Crippen LogP contribution in [0.1, 0.15) is 28.2 Å². The van der Waals surface area contributed by atoms with Crippen molar-refractivity contribution < 1.29 is 14.6 Å². The number of carboxylic acid groups (broad SMARTS) is 1. The zero-order valence-corrected chi connectivity index (χ0v) is 16.0. The maximum Gasteiger partial charge on any atom is 0.335 e. The number of benzene rings is 2. The number of carboxylic acids is 1. The molecule has 0 spiro atoms. The van der Waals surface area contributed by atoms with Gasteiger partial charge in [-0.3, -0.25) is 0 Å². The van der Waals surface area contributed by atoms with Crippen molar-refractivity contribution in [3.63, 3.8) is 0 Å². The van der Waals surface area contributed by atoms with E-state index in [-0.39, 0.29) is 5.56 Å². The largest absolute Gasteiger partial charge is 0.485 e. The quantitative estimate of drug-likeness (QED) is 0.659. The highest BCUT2D eigenvalue weighted by atomic mass is 16.5. The summed E-state index contributed by atoms with van der Waals surface area (Å²) in [6.45, 7) is 4.11. The summed E-state index contributed by atoms with van der Waals surface area (Å²) in [7, 11) is 4.10. The number of fused-ring (bicyclic) bond motifs is 1. The summed E-state index contributed by atoms with van der Waals surface area (Å²) in [6.07, 6.45) is 0.969. The highest BCUT2D eigenvalue weighted by Gasteiger charge is 2.14. The lowest BCUT2D eigenvalue weighted by Gasteiger charge is -2.13. The van der Waals surface area contributed by atoms with Crippen molar-refractivity contribution in [2.45, 2.75) is 26.5 Å². The molecule has 6 nitrogen and oxygen atoms in total. The topological polar surface area (TPSA) is 67.6 Å². The number of para-hydroxylation sites is 1. The fraction of sp³-hybridized carbons (Fsp3) is 0.333. The van der Waals surface area contributed by atoms with Gasteiger partial charge in [0.1, 0.15) is 18.2 Å². The van der Waals surface area contributed by atoms with Crippen LogP contribution in [0.4, 0.5) is 0 Å². The molecule has 0 bridgehead atoms. The number of rotatable bonds is 8. The third-order valence-corrected chi connectivity index (χ3v) is 4.51. The van der Waals surface area contributed by atoms with Crippen molar-refractivity contribution in [3.05, 3.63) is 59.4 Å². The van der Waals surface area contributed by atoms with Crippen molar-refractivity contribution in [2.75, 3.05) is 20.6 Å². The normalized spacial score (nSPS) is 11.3. The monoisotopic (exact) mass is 367 g/mol. The number of aromatic nitrogens is 2. The van der Waals surface area contributed by atoms with Crippen LogP contribution >= 0.6 is 0 Å².